The smallest absolute Gasteiger partial charge is 0.176 e. The summed E-state index contributed by atoms with van der Waals surface area (Å²) in [4.78, 5) is 0. The Hall–Kier alpha value is -0.900. The molecule has 0 amide bonds. The Bertz CT molecular complexity index is 420. The molecule has 0 aliphatic heterocycles. The van der Waals surface area contributed by atoms with Gasteiger partial charge in [0.25, 0.3) is 0 Å². The molecule has 0 aromatic heterocycles. The fourth-order valence-electron chi connectivity index (χ4n) is 1.45. The molecule has 1 atom stereocenters. The van der Waals surface area contributed by atoms with E-state index in [2.05, 4.69) is 0 Å². The molecular weight excluding hydrogens is 302 g/mol. The first kappa shape index (κ1) is 10.6. The van der Waals surface area contributed by atoms with Crippen molar-refractivity contribution in [3.63, 3.8) is 0 Å². The maximum Gasteiger partial charge on any atom is 0.176 e. The van der Waals surface area contributed by atoms with Crippen molar-refractivity contribution >= 4 is 22.6 Å². The molecule has 0 N–H and O–H groups in total. The molecule has 0 bridgehead atoms. The van der Waals surface area contributed by atoms with Crippen molar-refractivity contribution in [3.8, 4) is 11.1 Å². The summed E-state index contributed by atoms with van der Waals surface area (Å²) in [5.74, 6) is 0. The van der Waals surface area contributed by atoms with E-state index in [1.165, 1.54) is 0 Å². The van der Waals surface area contributed by atoms with Gasteiger partial charge in [-0.2, -0.15) is 0 Å². The Morgan fingerprint density at radius 2 is 1.33 bits per heavy atom. The molecule has 1 unspecified atom stereocenters. The first-order chi connectivity index (χ1) is 7.27. The fraction of sp³-hybridized carbons (Fsp3) is 0.0769. The molecule has 0 nitrogen and oxygen atoms in total. The third-order valence-electron chi connectivity index (χ3n) is 2.27. The normalized spacial score (nSPS) is 12.4. The van der Waals surface area contributed by atoms with Gasteiger partial charge in [-0.15, -0.1) is 0 Å². The average molecular weight is 312 g/mol. The van der Waals surface area contributed by atoms with Gasteiger partial charge in [0.15, 0.2) is 4.18 Å². The second-order valence-electron chi connectivity index (χ2n) is 3.29. The highest BCUT2D eigenvalue weighted by molar-refractivity contribution is 14.1. The Morgan fingerprint density at radius 1 is 0.800 bits per heavy atom. The quantitative estimate of drug-likeness (QED) is 0.554. The van der Waals surface area contributed by atoms with Crippen molar-refractivity contribution in [1.82, 2.24) is 0 Å². The molecule has 0 spiro atoms. The molecule has 2 rings (SSSR count). The molecule has 0 saturated heterocycles. The van der Waals surface area contributed by atoms with Crippen molar-refractivity contribution in [2.75, 3.05) is 0 Å². The highest BCUT2D eigenvalue weighted by Gasteiger charge is 2.03. The lowest BCUT2D eigenvalue weighted by Gasteiger charge is -2.04. The third kappa shape index (κ3) is 2.56. The zero-order valence-electron chi connectivity index (χ0n) is 8.03. The lowest BCUT2D eigenvalue weighted by Crippen LogP contribution is -1.82. The van der Waals surface area contributed by atoms with E-state index >= 15 is 0 Å². The molecule has 2 aromatic carbocycles. The van der Waals surface area contributed by atoms with E-state index in [4.69, 9.17) is 0 Å². The summed E-state index contributed by atoms with van der Waals surface area (Å²) < 4.78 is 12.0. The number of hydrogen-bond acceptors (Lipinski definition) is 0. The molecule has 0 saturated carbocycles. The van der Waals surface area contributed by atoms with Crippen LogP contribution in [-0.2, 0) is 0 Å². The predicted molar refractivity (Wildman–Crippen MR) is 69.7 cm³/mol. The van der Waals surface area contributed by atoms with Crippen LogP contribution >= 0.6 is 22.6 Å². The Kier molecular flexibility index (Phi) is 3.36. The van der Waals surface area contributed by atoms with Crippen LogP contribution in [0.2, 0.25) is 0 Å². The SMILES string of the molecule is FC(I)c1ccc(-c2ccccc2)cc1. The molecule has 2 aromatic rings. The van der Waals surface area contributed by atoms with Crippen LogP contribution in [0.3, 0.4) is 0 Å². The predicted octanol–water partition coefficient (Wildman–Crippen LogP) is 4.76. The Balaban J connectivity index is 2.32. The lowest BCUT2D eigenvalue weighted by atomic mass is 10.0. The first-order valence-electron chi connectivity index (χ1n) is 4.71. The highest BCUT2D eigenvalue weighted by Crippen LogP contribution is 2.27. The van der Waals surface area contributed by atoms with Gasteiger partial charge in [-0.25, -0.2) is 4.39 Å². The summed E-state index contributed by atoms with van der Waals surface area (Å²) in [6.45, 7) is 0. The van der Waals surface area contributed by atoms with Gasteiger partial charge in [0.05, 0.1) is 0 Å². The molecule has 0 aliphatic carbocycles. The van der Waals surface area contributed by atoms with Crippen LogP contribution in [0.25, 0.3) is 11.1 Å². The minimum Gasteiger partial charge on any atom is -0.231 e. The standard InChI is InChI=1S/C13H10FI/c14-13(15)12-8-6-11(7-9-12)10-4-2-1-3-5-10/h1-9,13H. The zero-order valence-corrected chi connectivity index (χ0v) is 10.2. The summed E-state index contributed by atoms with van der Waals surface area (Å²) in [5.41, 5.74) is 3.00. The van der Waals surface area contributed by atoms with Crippen molar-refractivity contribution in [2.24, 2.45) is 0 Å². The number of rotatable bonds is 2. The highest BCUT2D eigenvalue weighted by atomic mass is 127. The van der Waals surface area contributed by atoms with Gasteiger partial charge in [-0.05, 0) is 39.3 Å². The molecular formula is C13H10FI. The Morgan fingerprint density at radius 3 is 1.87 bits per heavy atom. The van der Waals surface area contributed by atoms with E-state index < -0.39 is 4.18 Å². The van der Waals surface area contributed by atoms with Crippen LogP contribution in [0.5, 0.6) is 0 Å². The fourth-order valence-corrected chi connectivity index (χ4v) is 1.87. The van der Waals surface area contributed by atoms with Gasteiger partial charge in [0.1, 0.15) is 0 Å². The molecule has 2 heteroatoms. The summed E-state index contributed by atoms with van der Waals surface area (Å²) in [5, 5.41) is 0. The van der Waals surface area contributed by atoms with E-state index in [0.29, 0.717) is 0 Å². The maximum atomic E-state index is 13.0. The number of halogens is 2. The van der Waals surface area contributed by atoms with Gasteiger partial charge >= 0.3 is 0 Å². The topological polar surface area (TPSA) is 0 Å². The van der Waals surface area contributed by atoms with Gasteiger partial charge in [0.2, 0.25) is 0 Å². The van der Waals surface area contributed by atoms with Crippen molar-refractivity contribution < 1.29 is 4.39 Å². The molecule has 76 valence electrons. The van der Waals surface area contributed by atoms with E-state index in [1.54, 1.807) is 22.6 Å². The largest absolute Gasteiger partial charge is 0.231 e. The minimum absolute atomic E-state index is 0.718. The molecule has 0 heterocycles. The van der Waals surface area contributed by atoms with E-state index in [0.717, 1.165) is 16.7 Å². The molecule has 0 radical (unpaired) electrons. The maximum absolute atomic E-state index is 13.0. The van der Waals surface area contributed by atoms with E-state index in [9.17, 15) is 4.39 Å². The van der Waals surface area contributed by atoms with Crippen LogP contribution in [0.4, 0.5) is 4.39 Å². The third-order valence-corrected chi connectivity index (χ3v) is 2.99. The van der Waals surface area contributed by atoms with Crippen molar-refractivity contribution in [2.45, 2.75) is 4.18 Å². The number of hydrogen-bond donors (Lipinski definition) is 0. The van der Waals surface area contributed by atoms with E-state index in [1.807, 2.05) is 54.6 Å². The van der Waals surface area contributed by atoms with E-state index in [-0.39, 0.29) is 0 Å². The van der Waals surface area contributed by atoms with Gasteiger partial charge < -0.3 is 0 Å². The van der Waals surface area contributed by atoms with Crippen LogP contribution in [0.1, 0.15) is 9.74 Å². The summed E-state index contributed by atoms with van der Waals surface area (Å²) >= 11 is 1.77. The molecule has 0 aliphatic rings. The van der Waals surface area contributed by atoms with Gasteiger partial charge in [-0.3, -0.25) is 0 Å². The van der Waals surface area contributed by atoms with Crippen LogP contribution in [0.15, 0.2) is 54.6 Å². The zero-order chi connectivity index (χ0) is 10.7. The second-order valence-corrected chi connectivity index (χ2v) is 4.38. The average Bonchev–Trinajstić information content (AvgIpc) is 2.30. The molecule has 0 fully saturated rings. The van der Waals surface area contributed by atoms with Crippen molar-refractivity contribution in [1.29, 1.82) is 0 Å². The summed E-state index contributed by atoms with van der Waals surface area (Å²) in [6, 6.07) is 17.7. The number of alkyl halides is 2. The lowest BCUT2D eigenvalue weighted by molar-refractivity contribution is 0.490. The van der Waals surface area contributed by atoms with Crippen molar-refractivity contribution in [3.05, 3.63) is 60.2 Å². The van der Waals surface area contributed by atoms with Gasteiger partial charge in [-0.1, -0.05) is 54.6 Å². The first-order valence-corrected chi connectivity index (χ1v) is 5.95. The summed E-state index contributed by atoms with van der Waals surface area (Å²) in [6.07, 6.45) is 0. The van der Waals surface area contributed by atoms with Crippen LogP contribution < -0.4 is 0 Å². The van der Waals surface area contributed by atoms with Gasteiger partial charge in [0, 0.05) is 0 Å². The monoisotopic (exact) mass is 312 g/mol. The Labute approximate surface area is 102 Å². The molecule has 15 heavy (non-hydrogen) atoms. The van der Waals surface area contributed by atoms with Crippen LogP contribution in [0, 0.1) is 0 Å². The minimum atomic E-state index is -0.924. The second kappa shape index (κ2) is 4.75. The summed E-state index contributed by atoms with van der Waals surface area (Å²) in [7, 11) is 0. The number of benzene rings is 2. The van der Waals surface area contributed by atoms with Crippen LogP contribution in [-0.4, -0.2) is 0 Å².